The summed E-state index contributed by atoms with van der Waals surface area (Å²) in [5.74, 6) is 7.38. The third-order valence-corrected chi connectivity index (χ3v) is 12.2. The predicted molar refractivity (Wildman–Crippen MR) is 355 cm³/mol. The van der Waals surface area contributed by atoms with Gasteiger partial charge in [0.25, 0.3) is 0 Å². The van der Waals surface area contributed by atoms with E-state index < -0.39 is 0 Å². The molecule has 0 bridgehead atoms. The van der Waals surface area contributed by atoms with Crippen molar-refractivity contribution in [1.29, 1.82) is 0 Å². The highest BCUT2D eigenvalue weighted by Crippen LogP contribution is 2.28. The van der Waals surface area contributed by atoms with Crippen molar-refractivity contribution in [3.8, 4) is 0 Å². The van der Waals surface area contributed by atoms with Crippen LogP contribution in [-0.2, 0) is 5.54 Å². The Hall–Kier alpha value is -5.19. The van der Waals surface area contributed by atoms with Crippen LogP contribution < -0.4 is 0 Å². The van der Waals surface area contributed by atoms with Crippen LogP contribution in [0, 0.1) is 29.6 Å². The molecule has 11 heteroatoms. The summed E-state index contributed by atoms with van der Waals surface area (Å²) < 4.78 is 3.90. The maximum atomic E-state index is 4.50. The summed E-state index contributed by atoms with van der Waals surface area (Å²) in [6.07, 6.45) is 15.0. The van der Waals surface area contributed by atoms with Crippen molar-refractivity contribution in [3.05, 3.63) is 130 Å². The van der Waals surface area contributed by atoms with Crippen molar-refractivity contribution in [1.82, 2.24) is 50.4 Å². The summed E-state index contributed by atoms with van der Waals surface area (Å²) in [5.41, 5.74) is 12.8. The van der Waals surface area contributed by atoms with Crippen molar-refractivity contribution >= 4 is 5.71 Å². The molecule has 4 aromatic heterocycles. The molecule has 0 spiro atoms. The number of hydrogen-bond donors (Lipinski definition) is 2. The zero-order valence-electron chi connectivity index (χ0n) is 58.0. The lowest BCUT2D eigenvalue weighted by atomic mass is 10.0. The smallest absolute Gasteiger partial charge is 0.0884 e. The Labute approximate surface area is 499 Å². The van der Waals surface area contributed by atoms with Gasteiger partial charge in [0.1, 0.15) is 0 Å². The molecule has 7 rings (SSSR count). The molecule has 2 N–H and O–H groups in total. The van der Waals surface area contributed by atoms with Crippen molar-refractivity contribution in [3.63, 3.8) is 0 Å². The maximum absolute atomic E-state index is 4.50. The maximum Gasteiger partial charge on any atom is 0.0884 e. The van der Waals surface area contributed by atoms with E-state index in [0.29, 0.717) is 59.3 Å². The van der Waals surface area contributed by atoms with Crippen LogP contribution in [0.2, 0.25) is 0 Å². The summed E-state index contributed by atoms with van der Waals surface area (Å²) in [4.78, 5) is 4.17. The summed E-state index contributed by atoms with van der Waals surface area (Å²) in [7, 11) is 0. The van der Waals surface area contributed by atoms with E-state index in [1.165, 1.54) is 34.7 Å². The van der Waals surface area contributed by atoms with Gasteiger partial charge in [-0.05, 0) is 135 Å². The molecule has 1 aliphatic heterocycles. The highest BCUT2D eigenvalue weighted by molar-refractivity contribution is 5.89. The lowest BCUT2D eigenvalue weighted by Crippen LogP contribution is -2.22. The molecule has 5 heterocycles. The van der Waals surface area contributed by atoms with Gasteiger partial charge in [0, 0.05) is 42.5 Å². The van der Waals surface area contributed by atoms with Gasteiger partial charge in [0.15, 0.2) is 0 Å². The second kappa shape index (κ2) is 40.9. The molecule has 0 saturated heterocycles. The van der Waals surface area contributed by atoms with E-state index in [1.54, 1.807) is 5.57 Å². The lowest BCUT2D eigenvalue weighted by Gasteiger charge is -2.19. The van der Waals surface area contributed by atoms with Gasteiger partial charge in [-0.2, -0.15) is 25.6 Å². The third-order valence-electron chi connectivity index (χ3n) is 12.2. The van der Waals surface area contributed by atoms with E-state index >= 15 is 0 Å². The molecule has 81 heavy (non-hydrogen) atoms. The molecule has 0 amide bonds. The summed E-state index contributed by atoms with van der Waals surface area (Å²) in [6.45, 7) is 67.2. The molecule has 0 fully saturated rings. The number of aromatic amines is 2. The standard InChI is InChI=1S/C11H18.C10H18N2.C9H16N2.C9H12.2C8H15N3.C7H11N.2C4H10/c1-8(2)10-5-6-11(7-10)9(3)4;1-8(2)9-6-7-12(11-9)10(3,4)5;1-6(2)8-5-9(7(3)4)11-10-8;1-8(2)9-6-4-3-5-7-9;1-6(2)8-5-11(7(3)4)10-9-8;1-5(2)7-8(6(3)4)10-11-9-7;1-6(2)7-4-3-5-8-7;2*1-4(2)3/h5,7-9H,6H2,1-4H3;6-8H,1-5H3;5-7H,1-4H3,(H,10,11);3-8H,1-2H3;5-7H,1-4H3;5-6H,1-4H3,(H,9,10,11);3,5-6H,4H2,1-2H3;2*4H,1-3H3. The van der Waals surface area contributed by atoms with Crippen molar-refractivity contribution in [2.45, 2.75) is 280 Å². The number of rotatable bonds is 11. The van der Waals surface area contributed by atoms with Crippen LogP contribution >= 0.6 is 0 Å². The van der Waals surface area contributed by atoms with Crippen LogP contribution in [0.5, 0.6) is 0 Å². The molecule has 11 nitrogen and oxygen atoms in total. The predicted octanol–water partition coefficient (Wildman–Crippen LogP) is 21.1. The molecule has 0 unspecified atom stereocenters. The number of aromatic nitrogens is 10. The van der Waals surface area contributed by atoms with E-state index in [2.05, 4.69) is 321 Å². The van der Waals surface area contributed by atoms with E-state index in [0.717, 1.165) is 47.0 Å². The van der Waals surface area contributed by atoms with Gasteiger partial charge < -0.3 is 0 Å². The molecule has 1 aromatic carbocycles. The van der Waals surface area contributed by atoms with Crippen LogP contribution in [0.3, 0.4) is 0 Å². The normalized spacial score (nSPS) is 12.7. The van der Waals surface area contributed by atoms with Crippen molar-refractivity contribution in [2.24, 2.45) is 34.6 Å². The second-order valence-corrected chi connectivity index (χ2v) is 27.2. The summed E-state index contributed by atoms with van der Waals surface area (Å²) in [5, 5.41) is 30.7. The molecule has 2 aliphatic rings. The molecular weight excluding hydrogens is 995 g/mol. The molecule has 0 atom stereocenters. The van der Waals surface area contributed by atoms with Gasteiger partial charge in [-0.1, -0.05) is 239 Å². The molecule has 0 saturated carbocycles. The monoisotopic (exact) mass is 1120 g/mol. The minimum Gasteiger partial charge on any atom is -0.282 e. The average molecular weight is 1120 g/mol. The van der Waals surface area contributed by atoms with Gasteiger partial charge >= 0.3 is 0 Å². The molecule has 1 aliphatic carbocycles. The number of hydrogen-bond acceptors (Lipinski definition) is 7. The number of nitrogens with zero attached hydrogens (tertiary/aromatic N) is 9. The zero-order chi connectivity index (χ0) is 62.9. The minimum absolute atomic E-state index is 0.104. The zero-order valence-corrected chi connectivity index (χ0v) is 58.0. The topological polar surface area (TPSA) is 131 Å². The molecule has 460 valence electrons. The van der Waals surface area contributed by atoms with Gasteiger partial charge in [-0.25, -0.2) is 4.68 Å². The largest absolute Gasteiger partial charge is 0.282 e. The SMILES string of the molecule is CC(C)C.CC(C)C.CC(C)C1=CCC(C(C)C)=C1.CC(C)C1=NC=CC1.CC(C)c1cc(C(C)C)[nH]n1.CC(C)c1ccccc1.CC(C)c1ccn(C(C)(C)C)n1.CC(C)c1cn(C(C)C)nn1.CC(C)c1n[nH]nc1C(C)C. The fourth-order valence-electron chi connectivity index (χ4n) is 6.84. The van der Waals surface area contributed by atoms with E-state index in [1.807, 2.05) is 27.8 Å². The van der Waals surface area contributed by atoms with Gasteiger partial charge in [-0.3, -0.25) is 14.8 Å². The van der Waals surface area contributed by atoms with Crippen LogP contribution in [0.1, 0.15) is 315 Å². The van der Waals surface area contributed by atoms with Crippen LogP contribution in [0.4, 0.5) is 0 Å². The van der Waals surface area contributed by atoms with Crippen LogP contribution in [-0.4, -0.2) is 56.1 Å². The van der Waals surface area contributed by atoms with Crippen LogP contribution in [0.15, 0.2) is 95.4 Å². The summed E-state index contributed by atoms with van der Waals surface area (Å²) >= 11 is 0. The number of benzene rings is 1. The van der Waals surface area contributed by atoms with Gasteiger partial charge in [-0.15, -0.1) is 5.10 Å². The third kappa shape index (κ3) is 35.4. The second-order valence-electron chi connectivity index (χ2n) is 27.2. The first-order valence-corrected chi connectivity index (χ1v) is 31.0. The Bertz CT molecular complexity index is 2320. The molecule has 0 radical (unpaired) electrons. The first kappa shape index (κ1) is 77.9. The average Bonchev–Trinajstić information content (AvgIpc) is 4.22. The lowest BCUT2D eigenvalue weighted by molar-refractivity contribution is 0.352. The fourth-order valence-corrected chi connectivity index (χ4v) is 6.84. The van der Waals surface area contributed by atoms with Gasteiger partial charge in [0.05, 0.1) is 34.0 Å². The number of H-pyrrole nitrogens is 2. The Kier molecular flexibility index (Phi) is 39.3. The quantitative estimate of drug-likeness (QED) is 0.135. The fraction of sp³-hybridized carbons (Fsp3) is 0.671. The van der Waals surface area contributed by atoms with Crippen LogP contribution in [0.25, 0.3) is 0 Å². The first-order chi connectivity index (χ1) is 37.4. The van der Waals surface area contributed by atoms with Gasteiger partial charge in [0.2, 0.25) is 0 Å². The number of allylic oxidation sites excluding steroid dienone is 5. The Morgan fingerprint density at radius 1 is 0.506 bits per heavy atom. The highest BCUT2D eigenvalue weighted by atomic mass is 15.4. The Morgan fingerprint density at radius 3 is 1.26 bits per heavy atom. The number of aliphatic imine (C=N–C) groups is 1. The Morgan fingerprint density at radius 2 is 1.01 bits per heavy atom. The highest BCUT2D eigenvalue weighted by Gasteiger charge is 2.16. The van der Waals surface area contributed by atoms with E-state index in [-0.39, 0.29) is 5.54 Å². The minimum atomic E-state index is 0.104. The van der Waals surface area contributed by atoms with E-state index in [4.69, 9.17) is 0 Å². The summed E-state index contributed by atoms with van der Waals surface area (Å²) in [6, 6.07) is 15.2. The van der Waals surface area contributed by atoms with Crippen molar-refractivity contribution < 1.29 is 0 Å². The molecule has 5 aromatic rings. The number of nitrogens with one attached hydrogen (secondary N) is 2. The Balaban J connectivity index is 0. The van der Waals surface area contributed by atoms with Crippen molar-refractivity contribution in [2.75, 3.05) is 0 Å². The first-order valence-electron chi connectivity index (χ1n) is 31.0. The molecular formula is C70H125N11. The van der Waals surface area contributed by atoms with E-state index in [9.17, 15) is 0 Å².